The summed E-state index contributed by atoms with van der Waals surface area (Å²) in [5.74, 6) is -4.30. The summed E-state index contributed by atoms with van der Waals surface area (Å²) >= 11 is 0. The molecule has 10 heteroatoms. The first-order valence-electron chi connectivity index (χ1n) is 9.40. The minimum absolute atomic E-state index is 0.0816. The number of aromatic nitrogens is 1. The molecule has 0 amide bonds. The summed E-state index contributed by atoms with van der Waals surface area (Å²) in [7, 11) is 0. The number of aliphatic hydroxyl groups excluding tert-OH is 1. The Labute approximate surface area is 179 Å². The van der Waals surface area contributed by atoms with E-state index in [1.807, 2.05) is 0 Å². The molecule has 1 aromatic heterocycles. The van der Waals surface area contributed by atoms with Crippen LogP contribution >= 0.6 is 0 Å². The number of halogens is 5. The van der Waals surface area contributed by atoms with Crippen LogP contribution in [-0.4, -0.2) is 20.7 Å². The number of rotatable bonds is 8. The van der Waals surface area contributed by atoms with E-state index in [0.717, 1.165) is 24.4 Å². The lowest BCUT2D eigenvalue weighted by molar-refractivity contribution is -0.139. The largest absolute Gasteiger partial charge is 0.481 e. The van der Waals surface area contributed by atoms with Crippen molar-refractivity contribution in [2.24, 2.45) is 0 Å². The third-order valence-corrected chi connectivity index (χ3v) is 4.73. The SMILES string of the molecule is O=C(O)CCc1cc(F)c(OCc2c(C(F)(F)F)ccn2-c2ccc(CO)cc2)c(F)c1. The van der Waals surface area contributed by atoms with E-state index in [4.69, 9.17) is 14.9 Å². The Morgan fingerprint density at radius 3 is 2.16 bits per heavy atom. The molecule has 0 aliphatic heterocycles. The zero-order valence-electron chi connectivity index (χ0n) is 16.5. The summed E-state index contributed by atoms with van der Waals surface area (Å²) in [6.07, 6.45) is -4.02. The maximum Gasteiger partial charge on any atom is 0.418 e. The van der Waals surface area contributed by atoms with Crippen LogP contribution in [-0.2, 0) is 30.6 Å². The fraction of sp³-hybridized carbons (Fsp3) is 0.227. The molecule has 0 spiro atoms. The van der Waals surface area contributed by atoms with Crippen LogP contribution in [0.2, 0.25) is 0 Å². The summed E-state index contributed by atoms with van der Waals surface area (Å²) in [5.41, 5.74) is -0.424. The molecule has 32 heavy (non-hydrogen) atoms. The van der Waals surface area contributed by atoms with Crippen molar-refractivity contribution >= 4 is 5.97 Å². The molecule has 0 aliphatic rings. The summed E-state index contributed by atoms with van der Waals surface area (Å²) in [5, 5.41) is 17.8. The van der Waals surface area contributed by atoms with Crippen molar-refractivity contribution < 1.29 is 41.7 Å². The first-order chi connectivity index (χ1) is 15.1. The third kappa shape index (κ3) is 5.25. The van der Waals surface area contributed by atoms with Crippen LogP contribution in [0.4, 0.5) is 22.0 Å². The predicted octanol–water partition coefficient (Wildman–Crippen LogP) is 4.86. The molecule has 170 valence electrons. The average Bonchev–Trinajstić information content (AvgIpc) is 3.16. The maximum atomic E-state index is 14.3. The number of nitrogens with zero attached hydrogens (tertiary/aromatic N) is 1. The van der Waals surface area contributed by atoms with E-state index in [9.17, 15) is 26.7 Å². The van der Waals surface area contributed by atoms with Gasteiger partial charge in [0.25, 0.3) is 0 Å². The number of aliphatic carboxylic acids is 1. The Morgan fingerprint density at radius 1 is 1.00 bits per heavy atom. The number of aryl methyl sites for hydroxylation is 1. The number of aliphatic hydroxyl groups is 1. The second-order valence-corrected chi connectivity index (χ2v) is 6.94. The number of alkyl halides is 3. The number of benzene rings is 2. The second kappa shape index (κ2) is 9.39. The van der Waals surface area contributed by atoms with Crippen molar-refractivity contribution in [1.82, 2.24) is 4.57 Å². The van der Waals surface area contributed by atoms with Crippen LogP contribution < -0.4 is 4.74 Å². The highest BCUT2D eigenvalue weighted by atomic mass is 19.4. The Hall–Kier alpha value is -3.40. The quantitative estimate of drug-likeness (QED) is 0.476. The highest BCUT2D eigenvalue weighted by Gasteiger charge is 2.36. The molecule has 0 saturated heterocycles. The van der Waals surface area contributed by atoms with Crippen molar-refractivity contribution in [3.63, 3.8) is 0 Å². The van der Waals surface area contributed by atoms with Crippen LogP contribution in [0, 0.1) is 11.6 Å². The molecule has 0 radical (unpaired) electrons. The van der Waals surface area contributed by atoms with Crippen molar-refractivity contribution in [1.29, 1.82) is 0 Å². The van der Waals surface area contributed by atoms with E-state index < -0.39 is 41.7 Å². The smallest absolute Gasteiger partial charge is 0.418 e. The Morgan fingerprint density at radius 2 is 1.62 bits per heavy atom. The van der Waals surface area contributed by atoms with Gasteiger partial charge in [-0.15, -0.1) is 0 Å². The molecular formula is C22H18F5NO4. The average molecular weight is 455 g/mol. The topological polar surface area (TPSA) is 71.7 Å². The maximum absolute atomic E-state index is 14.3. The van der Waals surface area contributed by atoms with Gasteiger partial charge in [0.1, 0.15) is 6.61 Å². The van der Waals surface area contributed by atoms with Crippen LogP contribution in [0.25, 0.3) is 5.69 Å². The molecule has 3 aromatic rings. The highest BCUT2D eigenvalue weighted by Crippen LogP contribution is 2.35. The van der Waals surface area contributed by atoms with Crippen LogP contribution in [0.15, 0.2) is 48.7 Å². The summed E-state index contributed by atoms with van der Waals surface area (Å²) in [4.78, 5) is 10.6. The number of carbonyl (C=O) groups is 1. The molecule has 1 heterocycles. The molecule has 3 rings (SSSR count). The fourth-order valence-electron chi connectivity index (χ4n) is 3.16. The van der Waals surface area contributed by atoms with Crippen LogP contribution in [0.3, 0.4) is 0 Å². The van der Waals surface area contributed by atoms with E-state index in [0.29, 0.717) is 11.3 Å². The van der Waals surface area contributed by atoms with E-state index >= 15 is 0 Å². The number of hydrogen-bond acceptors (Lipinski definition) is 3. The standard InChI is InChI=1S/C22H18F5NO4/c23-17-9-14(3-6-20(30)31)10-18(24)21(17)32-12-19-16(22(25,26)27)7-8-28(19)15-4-1-13(11-29)2-5-15/h1-2,4-5,7-10,29H,3,6,11-12H2,(H,30,31). The lowest BCUT2D eigenvalue weighted by Crippen LogP contribution is -2.13. The number of ether oxygens (including phenoxy) is 1. The molecule has 0 fully saturated rings. The van der Waals surface area contributed by atoms with Gasteiger partial charge < -0.3 is 19.5 Å². The van der Waals surface area contributed by atoms with Crippen LogP contribution in [0.5, 0.6) is 5.75 Å². The first-order valence-corrected chi connectivity index (χ1v) is 9.40. The van der Waals surface area contributed by atoms with Gasteiger partial charge in [0.05, 0.1) is 17.9 Å². The predicted molar refractivity (Wildman–Crippen MR) is 103 cm³/mol. The van der Waals surface area contributed by atoms with Crippen molar-refractivity contribution in [3.8, 4) is 11.4 Å². The van der Waals surface area contributed by atoms with Gasteiger partial charge in [-0.2, -0.15) is 13.2 Å². The lowest BCUT2D eigenvalue weighted by atomic mass is 10.1. The van der Waals surface area contributed by atoms with Gasteiger partial charge in [0.15, 0.2) is 17.4 Å². The van der Waals surface area contributed by atoms with Crippen LogP contribution in [0.1, 0.15) is 28.8 Å². The van der Waals surface area contributed by atoms with E-state index in [2.05, 4.69) is 0 Å². The number of carboxylic acids is 1. The monoisotopic (exact) mass is 455 g/mol. The van der Waals surface area contributed by atoms with Gasteiger partial charge in [-0.25, -0.2) is 8.78 Å². The number of carboxylic acid groups (broad SMARTS) is 1. The minimum atomic E-state index is -4.73. The van der Waals surface area contributed by atoms with Gasteiger partial charge in [-0.3, -0.25) is 4.79 Å². The Bertz CT molecular complexity index is 1080. The molecule has 0 unspecified atom stereocenters. The van der Waals surface area contributed by atoms with Crippen molar-refractivity contribution in [2.75, 3.05) is 0 Å². The molecular weight excluding hydrogens is 437 g/mol. The second-order valence-electron chi connectivity index (χ2n) is 6.94. The third-order valence-electron chi connectivity index (χ3n) is 4.73. The zero-order valence-corrected chi connectivity index (χ0v) is 16.5. The molecule has 5 nitrogen and oxygen atoms in total. The van der Waals surface area contributed by atoms with E-state index in [1.165, 1.54) is 28.8 Å². The molecule has 0 atom stereocenters. The van der Waals surface area contributed by atoms with Crippen molar-refractivity contribution in [3.05, 3.63) is 82.7 Å². The summed E-state index contributed by atoms with van der Waals surface area (Å²) in [6.45, 7) is -1.03. The molecule has 0 aliphatic carbocycles. The summed E-state index contributed by atoms with van der Waals surface area (Å²) in [6, 6.07) is 8.66. The Kier molecular flexibility index (Phi) is 6.83. The van der Waals surface area contributed by atoms with Gasteiger partial charge in [-0.05, 0) is 47.9 Å². The lowest BCUT2D eigenvalue weighted by Gasteiger charge is -2.16. The normalized spacial score (nSPS) is 11.6. The highest BCUT2D eigenvalue weighted by molar-refractivity contribution is 5.67. The van der Waals surface area contributed by atoms with Gasteiger partial charge in [0, 0.05) is 18.3 Å². The van der Waals surface area contributed by atoms with Gasteiger partial charge in [0.2, 0.25) is 0 Å². The first kappa shape index (κ1) is 23.3. The fourth-order valence-corrected chi connectivity index (χ4v) is 3.16. The molecule has 2 aromatic carbocycles. The summed E-state index contributed by atoms with van der Waals surface area (Å²) < 4.78 is 75.4. The molecule has 0 saturated carbocycles. The zero-order chi connectivity index (χ0) is 23.5. The van der Waals surface area contributed by atoms with Gasteiger partial charge >= 0.3 is 12.1 Å². The minimum Gasteiger partial charge on any atom is -0.481 e. The van der Waals surface area contributed by atoms with Crippen molar-refractivity contribution in [2.45, 2.75) is 32.2 Å². The molecule has 0 bridgehead atoms. The number of hydrogen-bond donors (Lipinski definition) is 2. The van der Waals surface area contributed by atoms with Gasteiger partial charge in [-0.1, -0.05) is 12.1 Å². The Balaban J connectivity index is 1.91. The van der Waals surface area contributed by atoms with E-state index in [-0.39, 0.29) is 30.7 Å². The molecule has 2 N–H and O–H groups in total. The van der Waals surface area contributed by atoms with E-state index in [1.54, 1.807) is 0 Å².